The van der Waals surface area contributed by atoms with Gasteiger partial charge >= 0.3 is 0 Å². The van der Waals surface area contributed by atoms with Gasteiger partial charge in [0.05, 0.1) is 23.4 Å². The first kappa shape index (κ1) is 30.6. The van der Waals surface area contributed by atoms with Crippen LogP contribution in [0.2, 0.25) is 10.0 Å². The number of aromatic nitrogens is 2. The topological polar surface area (TPSA) is 82.1 Å². The molecule has 1 aliphatic heterocycles. The Morgan fingerprint density at radius 2 is 1.68 bits per heavy atom. The summed E-state index contributed by atoms with van der Waals surface area (Å²) in [5.74, 6) is 1.15. The lowest BCUT2D eigenvalue weighted by Gasteiger charge is -2.36. The Balaban J connectivity index is 1.38. The summed E-state index contributed by atoms with van der Waals surface area (Å²) in [5, 5.41) is 9.57. The molecule has 2 amide bonds. The molecule has 3 aromatic rings. The summed E-state index contributed by atoms with van der Waals surface area (Å²) >= 11 is 12.4. The van der Waals surface area contributed by atoms with Crippen LogP contribution in [0, 0.1) is 0 Å². The van der Waals surface area contributed by atoms with Gasteiger partial charge in [0.25, 0.3) is 5.91 Å². The van der Waals surface area contributed by atoms with Crippen molar-refractivity contribution in [1.82, 2.24) is 24.9 Å². The molecular formula is C30H36Cl2N6O3. The van der Waals surface area contributed by atoms with E-state index in [0.717, 1.165) is 35.9 Å². The molecule has 2 aromatic carbocycles. The van der Waals surface area contributed by atoms with E-state index in [1.54, 1.807) is 35.1 Å². The molecule has 0 spiro atoms. The molecule has 0 atom stereocenters. The van der Waals surface area contributed by atoms with Crippen molar-refractivity contribution in [2.24, 2.45) is 0 Å². The van der Waals surface area contributed by atoms with Crippen molar-refractivity contribution in [1.29, 1.82) is 0 Å². The maximum Gasteiger partial charge on any atom is 0.255 e. The highest BCUT2D eigenvalue weighted by Gasteiger charge is 2.27. The Kier molecular flexibility index (Phi) is 10.8. The lowest BCUT2D eigenvalue weighted by Crippen LogP contribution is -2.52. The number of methoxy groups -OCH3 is 1. The Morgan fingerprint density at radius 1 is 0.927 bits per heavy atom. The highest BCUT2D eigenvalue weighted by Crippen LogP contribution is 2.24. The molecule has 0 aliphatic carbocycles. The number of halogens is 2. The van der Waals surface area contributed by atoms with Gasteiger partial charge in [0, 0.05) is 49.9 Å². The zero-order valence-electron chi connectivity index (χ0n) is 23.7. The van der Waals surface area contributed by atoms with Gasteiger partial charge in [-0.1, -0.05) is 49.2 Å². The van der Waals surface area contributed by atoms with Crippen molar-refractivity contribution in [2.45, 2.75) is 13.8 Å². The lowest BCUT2D eigenvalue weighted by atomic mass is 10.1. The number of benzene rings is 2. The van der Waals surface area contributed by atoms with Gasteiger partial charge in [-0.3, -0.25) is 9.59 Å². The van der Waals surface area contributed by atoms with Crippen molar-refractivity contribution in [3.8, 4) is 17.0 Å². The van der Waals surface area contributed by atoms with Crippen LogP contribution >= 0.6 is 23.2 Å². The minimum atomic E-state index is -0.280. The van der Waals surface area contributed by atoms with Crippen LogP contribution in [0.3, 0.4) is 0 Å². The fourth-order valence-electron chi connectivity index (χ4n) is 4.77. The Labute approximate surface area is 251 Å². The monoisotopic (exact) mass is 598 g/mol. The fourth-order valence-corrected chi connectivity index (χ4v) is 5.26. The number of hydrogen-bond acceptors (Lipinski definition) is 7. The molecule has 4 rings (SSSR count). The first-order valence-electron chi connectivity index (χ1n) is 13.8. The third-order valence-electron chi connectivity index (χ3n) is 7.33. The number of carbonyl (C=O) groups excluding carboxylic acids is 2. The van der Waals surface area contributed by atoms with Crippen molar-refractivity contribution in [3.05, 3.63) is 70.2 Å². The predicted molar refractivity (Wildman–Crippen MR) is 163 cm³/mol. The van der Waals surface area contributed by atoms with Crippen molar-refractivity contribution in [3.63, 3.8) is 0 Å². The Hall–Kier alpha value is -3.40. The molecule has 218 valence electrons. The highest BCUT2D eigenvalue weighted by atomic mass is 35.5. The summed E-state index contributed by atoms with van der Waals surface area (Å²) in [6.07, 6.45) is 0. The number of anilines is 1. The van der Waals surface area contributed by atoms with Crippen LogP contribution in [0.1, 0.15) is 24.2 Å². The van der Waals surface area contributed by atoms with Crippen LogP contribution in [-0.2, 0) is 4.79 Å². The maximum absolute atomic E-state index is 13.5. The van der Waals surface area contributed by atoms with Gasteiger partial charge in [0.1, 0.15) is 12.3 Å². The molecule has 1 aliphatic rings. The van der Waals surface area contributed by atoms with E-state index in [4.69, 9.17) is 27.9 Å². The van der Waals surface area contributed by atoms with E-state index in [2.05, 4.69) is 33.8 Å². The molecule has 1 saturated heterocycles. The quantitative estimate of drug-likeness (QED) is 0.319. The zero-order chi connectivity index (χ0) is 29.4. The number of rotatable bonds is 11. The van der Waals surface area contributed by atoms with E-state index in [-0.39, 0.29) is 23.4 Å². The first-order chi connectivity index (χ1) is 19.8. The number of nitrogens with zero attached hydrogens (tertiary/aromatic N) is 6. The molecule has 11 heteroatoms. The summed E-state index contributed by atoms with van der Waals surface area (Å²) < 4.78 is 5.30. The number of amides is 2. The molecule has 0 unspecified atom stereocenters. The van der Waals surface area contributed by atoms with Gasteiger partial charge in [-0.2, -0.15) is 0 Å². The summed E-state index contributed by atoms with van der Waals surface area (Å²) in [7, 11) is 1.63. The second kappa shape index (κ2) is 14.5. The molecule has 0 N–H and O–H groups in total. The Morgan fingerprint density at radius 3 is 2.32 bits per heavy atom. The average Bonchev–Trinajstić information content (AvgIpc) is 3.00. The first-order valence-corrected chi connectivity index (χ1v) is 14.6. The average molecular weight is 600 g/mol. The minimum Gasteiger partial charge on any atom is -0.497 e. The lowest BCUT2D eigenvalue weighted by molar-refractivity contribution is -0.132. The molecule has 1 aromatic heterocycles. The molecule has 41 heavy (non-hydrogen) atoms. The molecule has 0 radical (unpaired) electrons. The third kappa shape index (κ3) is 7.87. The van der Waals surface area contributed by atoms with Crippen LogP contribution < -0.4 is 9.64 Å². The van der Waals surface area contributed by atoms with Crippen LogP contribution in [0.5, 0.6) is 5.75 Å². The molecule has 0 bridgehead atoms. The fraction of sp³-hybridized carbons (Fsp3) is 0.400. The van der Waals surface area contributed by atoms with Gasteiger partial charge in [-0.25, -0.2) is 0 Å². The third-order valence-corrected chi connectivity index (χ3v) is 7.88. The van der Waals surface area contributed by atoms with Crippen LogP contribution in [0.25, 0.3) is 11.3 Å². The van der Waals surface area contributed by atoms with E-state index in [1.807, 2.05) is 36.4 Å². The van der Waals surface area contributed by atoms with Gasteiger partial charge in [-0.05, 0) is 55.6 Å². The molecular weight excluding hydrogens is 563 g/mol. The number of ether oxygens (including phenoxy) is 1. The zero-order valence-corrected chi connectivity index (χ0v) is 25.2. The van der Waals surface area contributed by atoms with Gasteiger partial charge in [0.2, 0.25) is 5.91 Å². The minimum absolute atomic E-state index is 0.0197. The summed E-state index contributed by atoms with van der Waals surface area (Å²) in [4.78, 5) is 34.6. The summed E-state index contributed by atoms with van der Waals surface area (Å²) in [6.45, 7) is 9.23. The number of likely N-dealkylation sites (N-methyl/N-ethyl adjacent to an activating group) is 1. The van der Waals surface area contributed by atoms with Crippen LogP contribution in [0.15, 0.2) is 54.6 Å². The van der Waals surface area contributed by atoms with E-state index in [0.29, 0.717) is 49.9 Å². The molecule has 9 nitrogen and oxygen atoms in total. The Bertz CT molecular complexity index is 1330. The highest BCUT2D eigenvalue weighted by molar-refractivity contribution is 6.36. The summed E-state index contributed by atoms with van der Waals surface area (Å²) in [6, 6.07) is 16.4. The van der Waals surface area contributed by atoms with Gasteiger partial charge in [-0.15, -0.1) is 10.2 Å². The smallest absolute Gasteiger partial charge is 0.255 e. The van der Waals surface area contributed by atoms with Crippen molar-refractivity contribution >= 4 is 40.8 Å². The molecule has 2 heterocycles. The maximum atomic E-state index is 13.5. The van der Waals surface area contributed by atoms with E-state index < -0.39 is 0 Å². The summed E-state index contributed by atoms with van der Waals surface area (Å²) in [5.41, 5.74) is 2.03. The van der Waals surface area contributed by atoms with E-state index in [1.165, 1.54) is 0 Å². The van der Waals surface area contributed by atoms with Crippen molar-refractivity contribution in [2.75, 3.05) is 70.9 Å². The largest absolute Gasteiger partial charge is 0.497 e. The van der Waals surface area contributed by atoms with Crippen LogP contribution in [-0.4, -0.2) is 103 Å². The molecule has 0 saturated carbocycles. The van der Waals surface area contributed by atoms with E-state index in [9.17, 15) is 9.59 Å². The standard InChI is InChI=1S/C30H36Cl2N6O3/c1-4-35(5-2)13-14-38(30(40)25-10-9-23(31)20-26(25)32)21-29(39)37-17-15-36(16-18-37)28-12-11-27(33-34-28)22-7-6-8-24(19-22)41-3/h6-12,19-20H,4-5,13-18,21H2,1-3H3. The second-order valence-corrected chi connectivity index (χ2v) is 10.6. The van der Waals surface area contributed by atoms with Gasteiger partial charge in [0.15, 0.2) is 5.82 Å². The van der Waals surface area contributed by atoms with E-state index >= 15 is 0 Å². The van der Waals surface area contributed by atoms with Crippen LogP contribution in [0.4, 0.5) is 5.82 Å². The number of piperazine rings is 1. The second-order valence-electron chi connectivity index (χ2n) is 9.75. The number of hydrogen-bond donors (Lipinski definition) is 0. The SMILES string of the molecule is CCN(CC)CCN(CC(=O)N1CCN(c2ccc(-c3cccc(OC)c3)nn2)CC1)C(=O)c1ccc(Cl)cc1Cl. The predicted octanol–water partition coefficient (Wildman–Crippen LogP) is 4.59. The normalized spacial score (nSPS) is 13.4. The molecule has 1 fully saturated rings. The van der Waals surface area contributed by atoms with Crippen molar-refractivity contribution < 1.29 is 14.3 Å². The van der Waals surface area contributed by atoms with Gasteiger partial charge < -0.3 is 24.3 Å². The number of carbonyl (C=O) groups is 2.